The van der Waals surface area contributed by atoms with Crippen molar-refractivity contribution in [1.29, 1.82) is 5.41 Å². The van der Waals surface area contributed by atoms with Crippen molar-refractivity contribution >= 4 is 0 Å². The number of aromatic amines is 2. The summed E-state index contributed by atoms with van der Waals surface area (Å²) in [5.41, 5.74) is -0.461. The topological polar surface area (TPSA) is 77.4 Å². The van der Waals surface area contributed by atoms with Crippen molar-refractivity contribution in [3.63, 3.8) is 0 Å². The molecule has 1 aromatic heterocycles. The number of H-pyrrole nitrogens is 2. The van der Waals surface area contributed by atoms with Crippen LogP contribution in [0.3, 0.4) is 0 Å². The van der Waals surface area contributed by atoms with Gasteiger partial charge >= 0.3 is 5.56 Å². The average Bonchev–Trinajstić information content (AvgIpc) is 1.98. The molecule has 0 aromatic carbocycles. The van der Waals surface area contributed by atoms with Crippen LogP contribution in [0.4, 0.5) is 0 Å². The molecule has 0 spiro atoms. The van der Waals surface area contributed by atoms with E-state index in [1.807, 2.05) is 0 Å². The van der Waals surface area contributed by atoms with Crippen molar-refractivity contribution < 1.29 is 0 Å². The van der Waals surface area contributed by atoms with Crippen LogP contribution in [0.25, 0.3) is 0 Å². The molecule has 0 bridgehead atoms. The van der Waals surface area contributed by atoms with E-state index in [9.17, 15) is 4.79 Å². The van der Waals surface area contributed by atoms with Crippen molar-refractivity contribution in [2.24, 2.45) is 7.05 Å². The van der Waals surface area contributed by atoms with Gasteiger partial charge in [0.15, 0.2) is 0 Å². The fourth-order valence-corrected chi connectivity index (χ4v) is 0.402. The van der Waals surface area contributed by atoms with Gasteiger partial charge in [0.2, 0.25) is 5.49 Å². The van der Waals surface area contributed by atoms with E-state index in [1.165, 1.54) is 4.68 Å². The van der Waals surface area contributed by atoms with Gasteiger partial charge in [-0.2, -0.15) is 0 Å². The normalized spacial score (nSPS) is 9.62. The lowest BCUT2D eigenvalue weighted by Crippen LogP contribution is -2.26. The van der Waals surface area contributed by atoms with Gasteiger partial charge in [-0.15, -0.1) is 0 Å². The lowest BCUT2D eigenvalue weighted by Gasteiger charge is -1.80. The molecule has 0 saturated carbocycles. The second-order valence-electron chi connectivity index (χ2n) is 1.47. The number of nitrogens with zero attached hydrogens (tertiary/aromatic N) is 1. The summed E-state index contributed by atoms with van der Waals surface area (Å²) >= 11 is 0. The highest BCUT2D eigenvalue weighted by Gasteiger charge is 1.88. The molecule has 0 radical (unpaired) electrons. The summed E-state index contributed by atoms with van der Waals surface area (Å²) in [4.78, 5) is 10.3. The third-order valence-corrected chi connectivity index (χ3v) is 0.888. The lowest BCUT2D eigenvalue weighted by molar-refractivity contribution is 0.679. The Hall–Kier alpha value is -1.26. The van der Waals surface area contributed by atoms with Crippen LogP contribution in [0, 0.1) is 5.41 Å². The SMILES string of the molecule is Cn1[nH][nH]c(=O)c1=N. The zero-order valence-electron chi connectivity index (χ0n) is 4.36. The molecule has 44 valence electrons. The Labute approximate surface area is 44.4 Å². The Morgan fingerprint density at radius 1 is 1.75 bits per heavy atom. The monoisotopic (exact) mass is 114 g/mol. The van der Waals surface area contributed by atoms with E-state index in [0.717, 1.165) is 0 Å². The molecule has 0 unspecified atom stereocenters. The van der Waals surface area contributed by atoms with Gasteiger partial charge in [-0.1, -0.05) is 0 Å². The molecule has 5 heteroatoms. The molecule has 0 amide bonds. The molecule has 0 fully saturated rings. The minimum Gasteiger partial charge on any atom is -0.278 e. The van der Waals surface area contributed by atoms with Crippen molar-refractivity contribution in [1.82, 2.24) is 15.0 Å². The maximum absolute atomic E-state index is 10.3. The van der Waals surface area contributed by atoms with Gasteiger partial charge in [-0.25, -0.2) is 10.3 Å². The van der Waals surface area contributed by atoms with Crippen molar-refractivity contribution in [3.8, 4) is 0 Å². The largest absolute Gasteiger partial charge is 0.307 e. The van der Waals surface area contributed by atoms with Crippen molar-refractivity contribution in [2.45, 2.75) is 0 Å². The molecule has 5 nitrogen and oxygen atoms in total. The molecule has 1 aromatic rings. The molecular formula is C3H6N4O. The van der Waals surface area contributed by atoms with Gasteiger partial charge in [0.25, 0.3) is 0 Å². The minimum absolute atomic E-state index is 0.0648. The molecule has 0 aliphatic heterocycles. The second-order valence-corrected chi connectivity index (χ2v) is 1.47. The summed E-state index contributed by atoms with van der Waals surface area (Å²) in [6.07, 6.45) is 0. The molecule has 1 heterocycles. The number of rotatable bonds is 0. The van der Waals surface area contributed by atoms with Crippen LogP contribution in [-0.4, -0.2) is 15.0 Å². The average molecular weight is 114 g/mol. The molecule has 0 aliphatic carbocycles. The number of nitrogens with one attached hydrogen (secondary N) is 3. The molecule has 0 saturated heterocycles. The maximum atomic E-state index is 10.3. The Morgan fingerprint density at radius 3 is 2.50 bits per heavy atom. The van der Waals surface area contributed by atoms with E-state index in [2.05, 4.69) is 10.3 Å². The quantitative estimate of drug-likeness (QED) is 0.378. The number of hydrogen-bond donors (Lipinski definition) is 3. The van der Waals surface area contributed by atoms with E-state index >= 15 is 0 Å². The summed E-state index contributed by atoms with van der Waals surface area (Å²) < 4.78 is 1.29. The highest BCUT2D eigenvalue weighted by atomic mass is 16.1. The third-order valence-electron chi connectivity index (χ3n) is 0.888. The Bertz CT molecular complexity index is 276. The van der Waals surface area contributed by atoms with Crippen LogP contribution in [0.5, 0.6) is 0 Å². The van der Waals surface area contributed by atoms with E-state index in [-0.39, 0.29) is 5.49 Å². The Balaban J connectivity index is 3.66. The van der Waals surface area contributed by atoms with Gasteiger partial charge in [0.1, 0.15) is 0 Å². The van der Waals surface area contributed by atoms with Crippen molar-refractivity contribution in [2.75, 3.05) is 0 Å². The van der Waals surface area contributed by atoms with Gasteiger partial charge in [0.05, 0.1) is 0 Å². The van der Waals surface area contributed by atoms with Gasteiger partial charge < -0.3 is 0 Å². The van der Waals surface area contributed by atoms with E-state index in [0.29, 0.717) is 0 Å². The number of hydrogen-bond acceptors (Lipinski definition) is 2. The van der Waals surface area contributed by atoms with Crippen LogP contribution in [0.15, 0.2) is 4.79 Å². The minimum atomic E-state index is -0.396. The molecular weight excluding hydrogens is 108 g/mol. The predicted molar refractivity (Wildman–Crippen MR) is 26.2 cm³/mol. The first kappa shape index (κ1) is 4.89. The number of aromatic nitrogens is 3. The van der Waals surface area contributed by atoms with E-state index < -0.39 is 5.56 Å². The van der Waals surface area contributed by atoms with Crippen LogP contribution in [0.1, 0.15) is 0 Å². The van der Waals surface area contributed by atoms with Gasteiger partial charge in [0, 0.05) is 7.05 Å². The van der Waals surface area contributed by atoms with E-state index in [4.69, 9.17) is 5.41 Å². The summed E-state index contributed by atoms with van der Waals surface area (Å²) in [5, 5.41) is 11.6. The summed E-state index contributed by atoms with van der Waals surface area (Å²) in [6, 6.07) is 0. The Kier molecular flexibility index (Phi) is 0.831. The first-order valence-corrected chi connectivity index (χ1v) is 2.10. The fraction of sp³-hybridized carbons (Fsp3) is 0.333. The smallest absolute Gasteiger partial charge is 0.278 e. The highest BCUT2D eigenvalue weighted by Crippen LogP contribution is 1.45. The molecule has 0 aliphatic rings. The predicted octanol–water partition coefficient (Wildman–Crippen LogP) is -1.48. The summed E-state index contributed by atoms with van der Waals surface area (Å²) in [6.45, 7) is 0. The Morgan fingerprint density at radius 2 is 2.38 bits per heavy atom. The van der Waals surface area contributed by atoms with Crippen LogP contribution < -0.4 is 11.0 Å². The maximum Gasteiger partial charge on any atom is 0.307 e. The number of aryl methyl sites for hydroxylation is 1. The highest BCUT2D eigenvalue weighted by molar-refractivity contribution is 4.62. The van der Waals surface area contributed by atoms with Crippen molar-refractivity contribution in [3.05, 3.63) is 15.8 Å². The summed E-state index contributed by atoms with van der Waals surface area (Å²) in [7, 11) is 1.58. The molecule has 1 rings (SSSR count). The molecule has 3 N–H and O–H groups in total. The molecule has 0 atom stereocenters. The first-order valence-electron chi connectivity index (χ1n) is 2.10. The zero-order chi connectivity index (χ0) is 6.15. The zero-order valence-corrected chi connectivity index (χ0v) is 4.36. The first-order chi connectivity index (χ1) is 3.72. The standard InChI is InChI=1S/C3H6N4O/c1-7-2(4)3(8)5-6-7/h4,6H,1H3,(H,5,8). The summed E-state index contributed by atoms with van der Waals surface area (Å²) in [5.74, 6) is 0. The molecule has 8 heavy (non-hydrogen) atoms. The second kappa shape index (κ2) is 1.36. The van der Waals surface area contributed by atoms with E-state index in [1.54, 1.807) is 7.05 Å². The lowest BCUT2D eigenvalue weighted by atomic mass is 10.8. The van der Waals surface area contributed by atoms with Gasteiger partial charge in [-0.3, -0.25) is 14.9 Å². The van der Waals surface area contributed by atoms with Crippen LogP contribution in [-0.2, 0) is 7.05 Å². The van der Waals surface area contributed by atoms with Gasteiger partial charge in [-0.05, 0) is 0 Å². The van der Waals surface area contributed by atoms with Crippen LogP contribution in [0.2, 0.25) is 0 Å². The third kappa shape index (κ3) is 0.481. The fourth-order valence-electron chi connectivity index (χ4n) is 0.402. The van der Waals surface area contributed by atoms with Crippen LogP contribution >= 0.6 is 0 Å².